The summed E-state index contributed by atoms with van der Waals surface area (Å²) in [4.78, 5) is 12.9. The summed E-state index contributed by atoms with van der Waals surface area (Å²) in [6.45, 7) is 2.89. The molecule has 0 amide bonds. The van der Waals surface area contributed by atoms with E-state index in [1.54, 1.807) is 12.1 Å². The lowest BCUT2D eigenvalue weighted by Gasteiger charge is -2.29. The Morgan fingerprint density at radius 3 is 2.36 bits per heavy atom. The van der Waals surface area contributed by atoms with Crippen LogP contribution in [0.1, 0.15) is 16.7 Å². The number of halogens is 1. The molecule has 3 nitrogen and oxygen atoms in total. The second-order valence-electron chi connectivity index (χ2n) is 7.07. The van der Waals surface area contributed by atoms with Gasteiger partial charge < -0.3 is 4.74 Å². The predicted molar refractivity (Wildman–Crippen MR) is 108 cm³/mol. The molecule has 0 aliphatic carbocycles. The van der Waals surface area contributed by atoms with Crippen molar-refractivity contribution >= 4 is 6.29 Å². The summed E-state index contributed by atoms with van der Waals surface area (Å²) in [7, 11) is 0. The van der Waals surface area contributed by atoms with E-state index in [9.17, 15) is 9.18 Å². The first-order valence-corrected chi connectivity index (χ1v) is 9.47. The maximum atomic E-state index is 13.1. The van der Waals surface area contributed by atoms with Gasteiger partial charge in [0.15, 0.2) is 6.29 Å². The molecular weight excluding hydrogens is 353 g/mol. The largest absolute Gasteiger partial charge is 0.486 e. The highest BCUT2D eigenvalue weighted by molar-refractivity contribution is 5.63. The molecule has 0 aromatic heterocycles. The molecule has 142 valence electrons. The number of aldehydes is 1. The van der Waals surface area contributed by atoms with E-state index in [1.165, 1.54) is 28.8 Å². The van der Waals surface area contributed by atoms with Crippen molar-refractivity contribution in [2.45, 2.75) is 19.5 Å². The van der Waals surface area contributed by atoms with Gasteiger partial charge in [-0.05, 0) is 58.5 Å². The van der Waals surface area contributed by atoms with Gasteiger partial charge in [0.2, 0.25) is 0 Å². The Bertz CT molecular complexity index is 951. The molecule has 0 atom stereocenters. The third kappa shape index (κ3) is 4.29. The van der Waals surface area contributed by atoms with E-state index in [4.69, 9.17) is 4.74 Å². The highest BCUT2D eigenvalue weighted by Gasteiger charge is 2.17. The molecule has 28 heavy (non-hydrogen) atoms. The van der Waals surface area contributed by atoms with Gasteiger partial charge in [0.25, 0.3) is 0 Å². The molecule has 0 spiro atoms. The number of benzene rings is 3. The molecule has 3 aromatic carbocycles. The van der Waals surface area contributed by atoms with Crippen molar-refractivity contribution < 1.29 is 13.9 Å². The molecule has 0 unspecified atom stereocenters. The quantitative estimate of drug-likeness (QED) is 0.589. The topological polar surface area (TPSA) is 29.5 Å². The number of carbonyl (C=O) groups excluding carboxylic acids is 1. The summed E-state index contributed by atoms with van der Waals surface area (Å²) in [6.07, 6.45) is 1.74. The van der Waals surface area contributed by atoms with E-state index in [-0.39, 0.29) is 12.4 Å². The molecule has 0 bridgehead atoms. The number of hydrogen-bond acceptors (Lipinski definition) is 3. The van der Waals surface area contributed by atoms with Crippen molar-refractivity contribution in [3.8, 4) is 16.9 Å². The molecule has 0 N–H and O–H groups in total. The summed E-state index contributed by atoms with van der Waals surface area (Å²) in [6, 6.07) is 21.1. The van der Waals surface area contributed by atoms with E-state index in [1.807, 2.05) is 12.1 Å². The molecule has 0 saturated carbocycles. The van der Waals surface area contributed by atoms with E-state index in [0.29, 0.717) is 0 Å². The molecule has 4 heteroatoms. The Hall–Kier alpha value is -2.98. The van der Waals surface area contributed by atoms with Gasteiger partial charge in [-0.25, -0.2) is 4.39 Å². The highest BCUT2D eigenvalue weighted by atomic mass is 19.1. The first-order valence-electron chi connectivity index (χ1n) is 9.47. The maximum Gasteiger partial charge on any atom is 0.157 e. The minimum atomic E-state index is -0.215. The lowest BCUT2D eigenvalue weighted by Crippen LogP contribution is -2.30. The number of carbonyl (C=O) groups is 1. The minimum absolute atomic E-state index is 0.0961. The normalized spacial score (nSPS) is 13.8. The van der Waals surface area contributed by atoms with Crippen molar-refractivity contribution in [2.24, 2.45) is 0 Å². The molecule has 1 aliphatic heterocycles. The molecule has 1 heterocycles. The predicted octanol–water partition coefficient (Wildman–Crippen LogP) is 4.63. The Labute approximate surface area is 164 Å². The van der Waals surface area contributed by atoms with Crippen LogP contribution in [-0.4, -0.2) is 24.3 Å². The number of rotatable bonds is 6. The number of hydrogen-bond donors (Lipinski definition) is 0. The van der Waals surface area contributed by atoms with E-state index < -0.39 is 0 Å². The fourth-order valence-electron chi connectivity index (χ4n) is 3.65. The Morgan fingerprint density at radius 2 is 1.64 bits per heavy atom. The number of nitrogens with zero attached hydrogens (tertiary/aromatic N) is 1. The van der Waals surface area contributed by atoms with E-state index in [2.05, 4.69) is 35.2 Å². The second-order valence-corrected chi connectivity index (χ2v) is 7.07. The molecule has 4 rings (SSSR count). The van der Waals surface area contributed by atoms with Crippen molar-refractivity contribution in [1.29, 1.82) is 0 Å². The van der Waals surface area contributed by atoms with Gasteiger partial charge in [-0.15, -0.1) is 0 Å². The summed E-state index contributed by atoms with van der Waals surface area (Å²) in [5, 5.41) is 0. The van der Waals surface area contributed by atoms with Gasteiger partial charge >= 0.3 is 0 Å². The van der Waals surface area contributed by atoms with Crippen LogP contribution in [0.2, 0.25) is 0 Å². The molecule has 0 radical (unpaired) electrons. The molecule has 3 aromatic rings. The first kappa shape index (κ1) is 18.4. The SMILES string of the molecule is O=CCOc1ccc2c(c1)CCN(Cc1ccc(-c3ccc(F)cc3)cc1)C2. The Balaban J connectivity index is 1.40. The molecule has 0 fully saturated rings. The monoisotopic (exact) mass is 375 g/mol. The van der Waals surface area contributed by atoms with Crippen molar-refractivity contribution in [1.82, 2.24) is 4.90 Å². The molecule has 0 saturated heterocycles. The zero-order valence-electron chi connectivity index (χ0n) is 15.6. The first-order chi connectivity index (χ1) is 13.7. The second kappa shape index (κ2) is 8.36. The van der Waals surface area contributed by atoms with Crippen LogP contribution in [0, 0.1) is 5.82 Å². The Kier molecular flexibility index (Phi) is 5.49. The standard InChI is InChI=1S/C24H22FNO2/c25-23-8-5-20(6-9-23)19-3-1-18(2-4-19)16-26-12-11-21-15-24(28-14-13-27)10-7-22(21)17-26/h1-10,13,15H,11-12,14,16-17H2. The van der Waals surface area contributed by atoms with E-state index in [0.717, 1.165) is 49.2 Å². The average molecular weight is 375 g/mol. The van der Waals surface area contributed by atoms with Gasteiger partial charge in [0.05, 0.1) is 0 Å². The van der Waals surface area contributed by atoms with Crippen LogP contribution >= 0.6 is 0 Å². The summed E-state index contributed by atoms with van der Waals surface area (Å²) < 4.78 is 18.5. The fraction of sp³-hybridized carbons (Fsp3) is 0.208. The third-order valence-electron chi connectivity index (χ3n) is 5.12. The average Bonchev–Trinajstić information content (AvgIpc) is 2.73. The molecule has 1 aliphatic rings. The van der Waals surface area contributed by atoms with Crippen LogP contribution in [0.4, 0.5) is 4.39 Å². The zero-order valence-corrected chi connectivity index (χ0v) is 15.6. The number of fused-ring (bicyclic) bond motifs is 1. The van der Waals surface area contributed by atoms with Crippen molar-refractivity contribution in [3.63, 3.8) is 0 Å². The van der Waals surface area contributed by atoms with Gasteiger partial charge in [0.1, 0.15) is 18.2 Å². The molecular formula is C24H22FNO2. The van der Waals surface area contributed by atoms with Gasteiger partial charge in [0, 0.05) is 19.6 Å². The minimum Gasteiger partial charge on any atom is -0.486 e. The fourth-order valence-corrected chi connectivity index (χ4v) is 3.65. The van der Waals surface area contributed by atoms with Gasteiger partial charge in [-0.1, -0.05) is 42.5 Å². The lowest BCUT2D eigenvalue weighted by atomic mass is 9.98. The van der Waals surface area contributed by atoms with Crippen LogP contribution in [0.3, 0.4) is 0 Å². The van der Waals surface area contributed by atoms with Crippen molar-refractivity contribution in [3.05, 3.63) is 89.2 Å². The maximum absolute atomic E-state index is 13.1. The lowest BCUT2D eigenvalue weighted by molar-refractivity contribution is -0.109. The van der Waals surface area contributed by atoms with Crippen LogP contribution in [-0.2, 0) is 24.3 Å². The highest BCUT2D eigenvalue weighted by Crippen LogP contribution is 2.26. The summed E-state index contributed by atoms with van der Waals surface area (Å²) >= 11 is 0. The number of ether oxygens (including phenoxy) is 1. The van der Waals surface area contributed by atoms with Crippen LogP contribution in [0.25, 0.3) is 11.1 Å². The van der Waals surface area contributed by atoms with Gasteiger partial charge in [-0.3, -0.25) is 9.69 Å². The van der Waals surface area contributed by atoms with Crippen LogP contribution in [0.15, 0.2) is 66.7 Å². The van der Waals surface area contributed by atoms with E-state index >= 15 is 0 Å². The van der Waals surface area contributed by atoms with Crippen molar-refractivity contribution in [2.75, 3.05) is 13.2 Å². The third-order valence-corrected chi connectivity index (χ3v) is 5.12. The summed E-state index contributed by atoms with van der Waals surface area (Å²) in [5.74, 6) is 0.545. The van der Waals surface area contributed by atoms with Crippen LogP contribution in [0.5, 0.6) is 5.75 Å². The summed E-state index contributed by atoms with van der Waals surface area (Å²) in [5.41, 5.74) is 5.99. The Morgan fingerprint density at radius 1 is 0.929 bits per heavy atom. The van der Waals surface area contributed by atoms with Crippen LogP contribution < -0.4 is 4.74 Å². The smallest absolute Gasteiger partial charge is 0.157 e. The zero-order chi connectivity index (χ0) is 19.3. The van der Waals surface area contributed by atoms with Gasteiger partial charge in [-0.2, -0.15) is 0 Å².